The van der Waals surface area contributed by atoms with E-state index in [9.17, 15) is 23.7 Å². The number of carboxylic acids is 1. The van der Waals surface area contributed by atoms with E-state index in [4.69, 9.17) is 5.11 Å². The Morgan fingerprint density at radius 3 is 2.56 bits per heavy atom. The van der Waals surface area contributed by atoms with Gasteiger partial charge in [-0.05, 0) is 32.5 Å². The maximum absolute atomic E-state index is 12.6. The Morgan fingerprint density at radius 2 is 2.19 bits per heavy atom. The van der Waals surface area contributed by atoms with Crippen molar-refractivity contribution >= 4 is 34.4 Å². The highest BCUT2D eigenvalue weighted by molar-refractivity contribution is 14.1. The van der Waals surface area contributed by atoms with Gasteiger partial charge in [0.1, 0.15) is 9.13 Å². The minimum atomic E-state index is -3.11. The second-order valence-corrected chi connectivity index (χ2v) is 3.66. The van der Waals surface area contributed by atoms with Crippen molar-refractivity contribution in [1.82, 2.24) is 4.98 Å². The Hall–Kier alpha value is -1.39. The molecule has 1 aromatic rings. The zero-order chi connectivity index (χ0) is 12.5. The fourth-order valence-corrected chi connectivity index (χ4v) is 1.86. The molecule has 86 valence electrons. The standard InChI is InChI=1S/C7H3F2IN2O4/c8-5(9)3-2(7(13)14)1-11-6(4(3)10)12(15)16/h1,5H,(H,13,14). The molecule has 0 bridgehead atoms. The molecule has 0 aromatic carbocycles. The molecule has 6 nitrogen and oxygen atoms in total. The number of nitro groups is 1. The van der Waals surface area contributed by atoms with E-state index in [0.29, 0.717) is 6.20 Å². The van der Waals surface area contributed by atoms with Gasteiger partial charge in [0.05, 0.1) is 5.56 Å². The lowest BCUT2D eigenvalue weighted by atomic mass is 10.1. The molecule has 0 radical (unpaired) electrons. The van der Waals surface area contributed by atoms with Crippen molar-refractivity contribution < 1.29 is 23.6 Å². The van der Waals surface area contributed by atoms with E-state index in [1.807, 2.05) is 0 Å². The topological polar surface area (TPSA) is 93.3 Å². The number of hydrogen-bond donors (Lipinski definition) is 1. The van der Waals surface area contributed by atoms with Gasteiger partial charge in [0, 0.05) is 0 Å². The summed E-state index contributed by atoms with van der Waals surface area (Å²) >= 11 is 1.28. The Labute approximate surface area is 101 Å². The van der Waals surface area contributed by atoms with Crippen molar-refractivity contribution in [2.45, 2.75) is 6.43 Å². The van der Waals surface area contributed by atoms with Crippen LogP contribution in [-0.4, -0.2) is 21.0 Å². The highest BCUT2D eigenvalue weighted by Gasteiger charge is 2.29. The summed E-state index contributed by atoms with van der Waals surface area (Å²) < 4.78 is 24.7. The number of hydrogen-bond acceptors (Lipinski definition) is 4. The number of carboxylic acid groups (broad SMARTS) is 1. The van der Waals surface area contributed by atoms with Crippen LogP contribution in [0.15, 0.2) is 6.20 Å². The monoisotopic (exact) mass is 344 g/mol. The van der Waals surface area contributed by atoms with E-state index < -0.39 is 37.8 Å². The van der Waals surface area contributed by atoms with Gasteiger partial charge < -0.3 is 15.2 Å². The first kappa shape index (κ1) is 12.7. The average molecular weight is 344 g/mol. The van der Waals surface area contributed by atoms with Crippen LogP contribution in [0.4, 0.5) is 14.6 Å². The van der Waals surface area contributed by atoms with Crippen LogP contribution in [0.3, 0.4) is 0 Å². The van der Waals surface area contributed by atoms with Crippen LogP contribution in [-0.2, 0) is 0 Å². The number of pyridine rings is 1. The minimum Gasteiger partial charge on any atom is -0.478 e. The molecule has 0 saturated heterocycles. The number of alkyl halides is 2. The largest absolute Gasteiger partial charge is 0.478 e. The first-order valence-electron chi connectivity index (χ1n) is 3.70. The van der Waals surface area contributed by atoms with Gasteiger partial charge in [0.25, 0.3) is 6.43 Å². The molecule has 0 saturated carbocycles. The normalized spacial score (nSPS) is 10.5. The highest BCUT2D eigenvalue weighted by Crippen LogP contribution is 2.32. The van der Waals surface area contributed by atoms with Crippen LogP contribution in [0, 0.1) is 13.7 Å². The molecular weight excluding hydrogens is 341 g/mol. The second-order valence-electron chi connectivity index (χ2n) is 2.59. The van der Waals surface area contributed by atoms with Gasteiger partial charge >= 0.3 is 11.8 Å². The summed E-state index contributed by atoms with van der Waals surface area (Å²) in [5, 5.41) is 19.0. The zero-order valence-corrected chi connectivity index (χ0v) is 9.51. The molecule has 0 aliphatic carbocycles. The van der Waals surface area contributed by atoms with E-state index in [-0.39, 0.29) is 0 Å². The third-order valence-electron chi connectivity index (χ3n) is 1.66. The van der Waals surface area contributed by atoms with Crippen LogP contribution in [0.2, 0.25) is 0 Å². The molecule has 0 spiro atoms. The fourth-order valence-electron chi connectivity index (χ4n) is 1.00. The lowest BCUT2D eigenvalue weighted by Gasteiger charge is -2.05. The Balaban J connectivity index is 3.54. The third kappa shape index (κ3) is 2.23. The Bertz CT molecular complexity index is 466. The summed E-state index contributed by atoms with van der Waals surface area (Å²) in [4.78, 5) is 23.3. The molecule has 0 atom stereocenters. The predicted molar refractivity (Wildman–Crippen MR) is 55.5 cm³/mol. The minimum absolute atomic E-state index is 0.461. The van der Waals surface area contributed by atoms with Crippen LogP contribution in [0.1, 0.15) is 22.3 Å². The van der Waals surface area contributed by atoms with Crippen molar-refractivity contribution in [3.8, 4) is 0 Å². The highest BCUT2D eigenvalue weighted by atomic mass is 127. The lowest BCUT2D eigenvalue weighted by Crippen LogP contribution is -2.09. The molecule has 1 rings (SSSR count). The summed E-state index contributed by atoms with van der Waals surface area (Å²) in [6.07, 6.45) is -2.55. The molecule has 0 aliphatic heterocycles. The van der Waals surface area contributed by atoms with Crippen molar-refractivity contribution in [1.29, 1.82) is 0 Å². The van der Waals surface area contributed by atoms with Crippen molar-refractivity contribution in [3.05, 3.63) is 31.0 Å². The van der Waals surface area contributed by atoms with E-state index >= 15 is 0 Å². The van der Waals surface area contributed by atoms with Gasteiger partial charge in [-0.25, -0.2) is 13.6 Å². The summed E-state index contributed by atoms with van der Waals surface area (Å²) in [5.74, 6) is -2.38. The molecule has 0 fully saturated rings. The van der Waals surface area contributed by atoms with Crippen LogP contribution in [0.5, 0.6) is 0 Å². The van der Waals surface area contributed by atoms with Gasteiger partial charge in [0.2, 0.25) is 0 Å². The van der Waals surface area contributed by atoms with E-state index in [2.05, 4.69) is 4.98 Å². The molecule has 0 aliphatic rings. The summed E-state index contributed by atoms with van der Waals surface area (Å²) in [6.45, 7) is 0. The summed E-state index contributed by atoms with van der Waals surface area (Å²) in [6, 6.07) is 0. The number of rotatable bonds is 3. The molecule has 1 N–H and O–H groups in total. The molecule has 1 heterocycles. The molecule has 0 amide bonds. The number of aromatic carboxylic acids is 1. The number of aromatic nitrogens is 1. The molecule has 16 heavy (non-hydrogen) atoms. The SMILES string of the molecule is O=C(O)c1cnc([N+](=O)[O-])c(I)c1C(F)F. The van der Waals surface area contributed by atoms with Crippen LogP contribution < -0.4 is 0 Å². The van der Waals surface area contributed by atoms with E-state index in [0.717, 1.165) is 0 Å². The number of nitrogens with zero attached hydrogens (tertiary/aromatic N) is 2. The van der Waals surface area contributed by atoms with Crippen LogP contribution >= 0.6 is 22.6 Å². The maximum Gasteiger partial charge on any atom is 0.377 e. The fraction of sp³-hybridized carbons (Fsp3) is 0.143. The van der Waals surface area contributed by atoms with Gasteiger partial charge in [-0.1, -0.05) is 0 Å². The molecule has 0 unspecified atom stereocenters. The summed E-state index contributed by atoms with van der Waals surface area (Å²) in [5.41, 5.74) is -1.61. The van der Waals surface area contributed by atoms with Gasteiger partial charge in [-0.15, -0.1) is 0 Å². The Morgan fingerprint density at radius 1 is 1.62 bits per heavy atom. The van der Waals surface area contributed by atoms with Gasteiger partial charge in [-0.3, -0.25) is 0 Å². The zero-order valence-electron chi connectivity index (χ0n) is 7.35. The van der Waals surface area contributed by atoms with Crippen LogP contribution in [0.25, 0.3) is 0 Å². The van der Waals surface area contributed by atoms with Crippen molar-refractivity contribution in [2.75, 3.05) is 0 Å². The number of carbonyl (C=O) groups is 1. The first-order chi connectivity index (χ1) is 7.36. The van der Waals surface area contributed by atoms with Gasteiger partial charge in [-0.2, -0.15) is 0 Å². The van der Waals surface area contributed by atoms with Crippen molar-refractivity contribution in [3.63, 3.8) is 0 Å². The molecule has 9 heteroatoms. The third-order valence-corrected chi connectivity index (χ3v) is 2.72. The van der Waals surface area contributed by atoms with Crippen molar-refractivity contribution in [2.24, 2.45) is 0 Å². The smallest absolute Gasteiger partial charge is 0.377 e. The first-order valence-corrected chi connectivity index (χ1v) is 4.78. The second kappa shape index (κ2) is 4.63. The number of halogens is 3. The molecule has 1 aromatic heterocycles. The predicted octanol–water partition coefficient (Wildman–Crippen LogP) is 2.23. The maximum atomic E-state index is 12.6. The van der Waals surface area contributed by atoms with Gasteiger partial charge in [0.15, 0.2) is 6.20 Å². The average Bonchev–Trinajstić information content (AvgIpc) is 2.15. The summed E-state index contributed by atoms with van der Waals surface area (Å²) in [7, 11) is 0. The quantitative estimate of drug-likeness (QED) is 0.516. The Kier molecular flexibility index (Phi) is 3.67. The van der Waals surface area contributed by atoms with E-state index in [1.165, 1.54) is 22.6 Å². The van der Waals surface area contributed by atoms with E-state index in [1.54, 1.807) is 0 Å². The lowest BCUT2D eigenvalue weighted by molar-refractivity contribution is -0.390. The molecular formula is C7H3F2IN2O4.